The third kappa shape index (κ3) is 4.87. The monoisotopic (exact) mass is 348 g/mol. The van der Waals surface area contributed by atoms with Gasteiger partial charge in [0.05, 0.1) is 20.1 Å². The summed E-state index contributed by atoms with van der Waals surface area (Å²) in [7, 11) is 3.13. The average Bonchev–Trinajstić information content (AvgIpc) is 3.02. The van der Waals surface area contributed by atoms with Crippen molar-refractivity contribution in [2.45, 2.75) is 39.0 Å². The first-order valence-electron chi connectivity index (χ1n) is 8.90. The van der Waals surface area contributed by atoms with Gasteiger partial charge in [-0.15, -0.1) is 0 Å². The summed E-state index contributed by atoms with van der Waals surface area (Å²) in [5, 5.41) is 2.95. The van der Waals surface area contributed by atoms with Gasteiger partial charge in [0.2, 0.25) is 11.8 Å². The molecule has 138 valence electrons. The van der Waals surface area contributed by atoms with E-state index in [9.17, 15) is 9.59 Å². The lowest BCUT2D eigenvalue weighted by atomic mass is 10.1. The van der Waals surface area contributed by atoms with Crippen molar-refractivity contribution >= 4 is 17.5 Å². The smallest absolute Gasteiger partial charge is 0.227 e. The Morgan fingerprint density at radius 3 is 2.64 bits per heavy atom. The average molecular weight is 348 g/mol. The fourth-order valence-electron chi connectivity index (χ4n) is 3.03. The van der Waals surface area contributed by atoms with E-state index in [0.29, 0.717) is 24.6 Å². The Kier molecular flexibility index (Phi) is 7.10. The van der Waals surface area contributed by atoms with E-state index in [1.165, 1.54) is 12.8 Å². The van der Waals surface area contributed by atoms with Gasteiger partial charge in [-0.25, -0.2) is 0 Å². The van der Waals surface area contributed by atoms with Crippen molar-refractivity contribution in [2.75, 3.05) is 32.2 Å². The van der Waals surface area contributed by atoms with Crippen molar-refractivity contribution in [2.24, 2.45) is 5.92 Å². The lowest BCUT2D eigenvalue weighted by Crippen LogP contribution is -2.33. The Hall–Kier alpha value is -2.24. The molecule has 1 N–H and O–H groups in total. The largest absolute Gasteiger partial charge is 0.493 e. The zero-order chi connectivity index (χ0) is 18.2. The van der Waals surface area contributed by atoms with Crippen LogP contribution in [-0.2, 0) is 9.59 Å². The topological polar surface area (TPSA) is 67.9 Å². The number of hydrogen-bond donors (Lipinski definition) is 1. The van der Waals surface area contributed by atoms with Crippen molar-refractivity contribution < 1.29 is 19.1 Å². The van der Waals surface area contributed by atoms with Crippen LogP contribution in [0.4, 0.5) is 5.69 Å². The lowest BCUT2D eigenvalue weighted by molar-refractivity contribution is -0.126. The van der Waals surface area contributed by atoms with Gasteiger partial charge in [0.15, 0.2) is 11.5 Å². The molecule has 0 saturated carbocycles. The first-order chi connectivity index (χ1) is 12.1. The number of methoxy groups -OCH3 is 2. The van der Waals surface area contributed by atoms with Crippen LogP contribution in [0.15, 0.2) is 18.2 Å². The highest BCUT2D eigenvalue weighted by Crippen LogP contribution is 2.34. The summed E-state index contributed by atoms with van der Waals surface area (Å²) in [5.41, 5.74) is 0.723. The third-order valence-electron chi connectivity index (χ3n) is 4.50. The van der Waals surface area contributed by atoms with E-state index in [-0.39, 0.29) is 24.2 Å². The van der Waals surface area contributed by atoms with Gasteiger partial charge in [-0.1, -0.05) is 26.2 Å². The molecule has 0 aromatic heterocycles. The van der Waals surface area contributed by atoms with Gasteiger partial charge in [0.1, 0.15) is 0 Å². The van der Waals surface area contributed by atoms with Crippen LogP contribution in [0.25, 0.3) is 0 Å². The van der Waals surface area contributed by atoms with Crippen LogP contribution in [0, 0.1) is 5.92 Å². The Labute approximate surface area is 149 Å². The van der Waals surface area contributed by atoms with Gasteiger partial charge in [0, 0.05) is 31.3 Å². The van der Waals surface area contributed by atoms with E-state index in [4.69, 9.17) is 9.47 Å². The molecule has 25 heavy (non-hydrogen) atoms. The maximum atomic E-state index is 12.3. The van der Waals surface area contributed by atoms with Gasteiger partial charge in [-0.2, -0.15) is 0 Å². The molecule has 1 atom stereocenters. The minimum atomic E-state index is -0.299. The van der Waals surface area contributed by atoms with Crippen LogP contribution in [-0.4, -0.2) is 39.1 Å². The van der Waals surface area contributed by atoms with E-state index < -0.39 is 0 Å². The second-order valence-electron chi connectivity index (χ2n) is 6.30. The molecule has 1 saturated heterocycles. The van der Waals surface area contributed by atoms with Gasteiger partial charge in [-0.05, 0) is 18.6 Å². The molecule has 2 rings (SSSR count). The Bertz CT molecular complexity index is 603. The van der Waals surface area contributed by atoms with Crippen LogP contribution >= 0.6 is 0 Å². The molecule has 6 heteroatoms. The van der Waals surface area contributed by atoms with Crippen molar-refractivity contribution in [1.29, 1.82) is 0 Å². The summed E-state index contributed by atoms with van der Waals surface area (Å²) in [5.74, 6) is 0.800. The predicted molar refractivity (Wildman–Crippen MR) is 97.2 cm³/mol. The summed E-state index contributed by atoms with van der Waals surface area (Å²) in [4.78, 5) is 26.3. The highest BCUT2D eigenvalue weighted by Gasteiger charge is 2.35. The molecule has 1 aromatic carbocycles. The summed E-state index contributed by atoms with van der Waals surface area (Å²) in [6.07, 6.45) is 4.71. The SMILES string of the molecule is CCCCCCNC(=O)C1CC(=O)N(c2ccc(OC)c(OC)c2)C1. The number of amides is 2. The molecule has 6 nitrogen and oxygen atoms in total. The van der Waals surface area contributed by atoms with Crippen LogP contribution in [0.1, 0.15) is 39.0 Å². The highest BCUT2D eigenvalue weighted by molar-refractivity contribution is 6.00. The van der Waals surface area contributed by atoms with E-state index in [1.54, 1.807) is 31.3 Å². The molecule has 1 aromatic rings. The molecular formula is C19H28N2O4. The minimum absolute atomic E-state index is 0.0344. The molecule has 2 amide bonds. The number of anilines is 1. The Balaban J connectivity index is 1.94. The van der Waals surface area contributed by atoms with E-state index in [0.717, 1.165) is 18.5 Å². The number of nitrogens with zero attached hydrogens (tertiary/aromatic N) is 1. The number of ether oxygens (including phenoxy) is 2. The van der Waals surface area contributed by atoms with Gasteiger partial charge in [0.25, 0.3) is 0 Å². The van der Waals surface area contributed by atoms with Crippen LogP contribution in [0.3, 0.4) is 0 Å². The van der Waals surface area contributed by atoms with E-state index in [1.807, 2.05) is 6.07 Å². The number of benzene rings is 1. The summed E-state index contributed by atoms with van der Waals surface area (Å²) in [6.45, 7) is 3.24. The maximum Gasteiger partial charge on any atom is 0.227 e. The molecule has 1 unspecified atom stereocenters. The van der Waals surface area contributed by atoms with Crippen LogP contribution < -0.4 is 19.7 Å². The number of rotatable bonds is 9. The summed E-state index contributed by atoms with van der Waals surface area (Å²) < 4.78 is 10.5. The molecular weight excluding hydrogens is 320 g/mol. The lowest BCUT2D eigenvalue weighted by Gasteiger charge is -2.18. The Morgan fingerprint density at radius 1 is 1.20 bits per heavy atom. The van der Waals surface area contributed by atoms with Crippen LogP contribution in [0.2, 0.25) is 0 Å². The first-order valence-corrected chi connectivity index (χ1v) is 8.90. The molecule has 1 aliphatic heterocycles. The predicted octanol–water partition coefficient (Wildman–Crippen LogP) is 2.75. The van der Waals surface area contributed by atoms with E-state index in [2.05, 4.69) is 12.2 Å². The fourth-order valence-corrected chi connectivity index (χ4v) is 3.03. The molecule has 0 radical (unpaired) electrons. The van der Waals surface area contributed by atoms with Gasteiger partial charge < -0.3 is 19.7 Å². The molecule has 1 fully saturated rings. The van der Waals surface area contributed by atoms with Gasteiger partial charge in [-0.3, -0.25) is 9.59 Å². The van der Waals surface area contributed by atoms with Crippen LogP contribution in [0.5, 0.6) is 11.5 Å². The quantitative estimate of drug-likeness (QED) is 0.697. The second-order valence-corrected chi connectivity index (χ2v) is 6.30. The first kappa shape index (κ1) is 19.1. The fraction of sp³-hybridized carbons (Fsp3) is 0.579. The van der Waals surface area contributed by atoms with Crippen molar-refractivity contribution in [1.82, 2.24) is 5.32 Å². The maximum absolute atomic E-state index is 12.3. The molecule has 0 spiro atoms. The summed E-state index contributed by atoms with van der Waals surface area (Å²) >= 11 is 0. The number of unbranched alkanes of at least 4 members (excludes halogenated alkanes) is 3. The van der Waals surface area contributed by atoms with E-state index >= 15 is 0 Å². The molecule has 1 aliphatic rings. The third-order valence-corrected chi connectivity index (χ3v) is 4.50. The number of carbonyl (C=O) groups is 2. The van der Waals surface area contributed by atoms with Crippen molar-refractivity contribution in [3.63, 3.8) is 0 Å². The number of hydrogen-bond acceptors (Lipinski definition) is 4. The molecule has 0 aliphatic carbocycles. The Morgan fingerprint density at radius 2 is 1.96 bits per heavy atom. The zero-order valence-corrected chi connectivity index (χ0v) is 15.3. The van der Waals surface area contributed by atoms with Gasteiger partial charge >= 0.3 is 0 Å². The highest BCUT2D eigenvalue weighted by atomic mass is 16.5. The molecule has 1 heterocycles. The number of nitrogens with one attached hydrogen (secondary N) is 1. The summed E-state index contributed by atoms with van der Waals surface area (Å²) in [6, 6.07) is 5.34. The number of carbonyl (C=O) groups excluding carboxylic acids is 2. The minimum Gasteiger partial charge on any atom is -0.493 e. The van der Waals surface area contributed by atoms with Crippen molar-refractivity contribution in [3.05, 3.63) is 18.2 Å². The standard InChI is InChI=1S/C19H28N2O4/c1-4-5-6-7-10-20-19(23)14-11-18(22)21(13-14)15-8-9-16(24-2)17(12-15)25-3/h8-9,12,14H,4-7,10-11,13H2,1-3H3,(H,20,23). The zero-order valence-electron chi connectivity index (χ0n) is 15.3. The molecule has 0 bridgehead atoms. The second kappa shape index (κ2) is 9.30. The normalized spacial score (nSPS) is 16.8. The van der Waals surface area contributed by atoms with Crippen molar-refractivity contribution in [3.8, 4) is 11.5 Å².